The summed E-state index contributed by atoms with van der Waals surface area (Å²) in [5.41, 5.74) is 23.2. The number of benzene rings is 8. The van der Waals surface area contributed by atoms with Crippen molar-refractivity contribution in [2.75, 3.05) is 15.1 Å². The number of rotatable bonds is 6. The van der Waals surface area contributed by atoms with E-state index in [2.05, 4.69) is 221 Å². The van der Waals surface area contributed by atoms with E-state index in [9.17, 15) is 0 Å². The van der Waals surface area contributed by atoms with Gasteiger partial charge in [0.05, 0.1) is 11.4 Å². The van der Waals surface area contributed by atoms with Crippen molar-refractivity contribution in [3.63, 3.8) is 0 Å². The maximum atomic E-state index is 7.57. The molecule has 2 heterocycles. The zero-order valence-electron chi connectivity index (χ0n) is 35.9. The van der Waals surface area contributed by atoms with Crippen LogP contribution >= 0.6 is 0 Å². The predicted molar refractivity (Wildman–Crippen MR) is 258 cm³/mol. The van der Waals surface area contributed by atoms with Gasteiger partial charge in [0.2, 0.25) is 0 Å². The van der Waals surface area contributed by atoms with Crippen molar-refractivity contribution in [2.45, 2.75) is 53.9 Å². The summed E-state index contributed by atoms with van der Waals surface area (Å²) in [5.74, 6) is 1.84. The molecule has 0 atom stereocenters. The molecule has 0 saturated carbocycles. The van der Waals surface area contributed by atoms with Gasteiger partial charge in [-0.3, -0.25) is 0 Å². The van der Waals surface area contributed by atoms with Gasteiger partial charge in [-0.1, -0.05) is 127 Å². The number of hydrogen-bond donors (Lipinski definition) is 1. The van der Waals surface area contributed by atoms with E-state index in [1.165, 1.54) is 66.5 Å². The van der Waals surface area contributed by atoms with Gasteiger partial charge in [0, 0.05) is 56.7 Å². The summed E-state index contributed by atoms with van der Waals surface area (Å²) in [5, 5.41) is 3.92. The first-order valence-electron chi connectivity index (χ1n) is 21.4. The minimum Gasteiger partial charge on any atom is -0.458 e. The van der Waals surface area contributed by atoms with Crippen LogP contribution < -0.4 is 36.2 Å². The average molecular weight is 790 g/mol. The SMILES string of the molecule is Cc1ccc(N(c2ccc(C)cc2)c2cc3c4c(c2)Oc2c(cc(N(c5ccc(C)cc5)c5ccc(C)cc5)c5c2C(C)(C)c2ccccc2-5)B4c2cc(C)ccc2N3)cc1. The molecule has 0 saturated heterocycles. The van der Waals surface area contributed by atoms with E-state index in [1.807, 2.05) is 0 Å². The Balaban J connectivity index is 1.21. The largest absolute Gasteiger partial charge is 0.458 e. The molecule has 0 unspecified atom stereocenters. The second-order valence-corrected chi connectivity index (χ2v) is 17.9. The maximum Gasteiger partial charge on any atom is 0.256 e. The fourth-order valence-corrected chi connectivity index (χ4v) is 10.1. The topological polar surface area (TPSA) is 27.7 Å². The van der Waals surface area contributed by atoms with Crippen LogP contribution in [0, 0.1) is 34.6 Å². The highest BCUT2D eigenvalue weighted by Crippen LogP contribution is 2.58. The van der Waals surface area contributed by atoms with Crippen LogP contribution in [-0.2, 0) is 5.41 Å². The van der Waals surface area contributed by atoms with Gasteiger partial charge in [-0.25, -0.2) is 0 Å². The summed E-state index contributed by atoms with van der Waals surface area (Å²) in [7, 11) is 0. The van der Waals surface area contributed by atoms with Crippen LogP contribution in [0.2, 0.25) is 0 Å². The molecule has 8 aromatic carbocycles. The van der Waals surface area contributed by atoms with Gasteiger partial charge in [-0.15, -0.1) is 0 Å². The number of aryl methyl sites for hydroxylation is 5. The number of fused-ring (bicyclic) bond motifs is 8. The standard InChI is InChI=1S/C56H48BN3O/c1-34-12-21-39(22-13-34)59(40-23-14-35(2)15-24-40)43-31-49-54-51(32-43)61-55-47(57(54)46-30-38(5)20-29-48(46)58-49)33-50(52-44-10-8-9-11-45(44)56(6,7)53(52)55)60(41-25-16-36(3)17-26-41)42-27-18-37(4)19-28-42/h8-33,58H,1-7H3. The monoisotopic (exact) mass is 789 g/mol. The van der Waals surface area contributed by atoms with Crippen LogP contribution in [0.5, 0.6) is 11.5 Å². The molecule has 0 bridgehead atoms. The molecule has 2 aliphatic heterocycles. The molecule has 0 aromatic heterocycles. The minimum absolute atomic E-state index is 0.0763. The molecule has 1 N–H and O–H groups in total. The molecule has 0 fully saturated rings. The molecule has 0 amide bonds. The number of nitrogens with zero attached hydrogens (tertiary/aromatic N) is 2. The molecular formula is C56H48BN3O. The van der Waals surface area contributed by atoms with Crippen molar-refractivity contribution < 1.29 is 4.74 Å². The third-order valence-electron chi connectivity index (χ3n) is 13.2. The molecule has 3 aliphatic rings. The van der Waals surface area contributed by atoms with Crippen molar-refractivity contribution in [3.8, 4) is 22.6 Å². The highest BCUT2D eigenvalue weighted by atomic mass is 16.5. The first-order chi connectivity index (χ1) is 29.5. The second kappa shape index (κ2) is 13.8. The van der Waals surface area contributed by atoms with Gasteiger partial charge in [0.25, 0.3) is 6.71 Å². The molecule has 8 aromatic rings. The first kappa shape index (κ1) is 37.1. The van der Waals surface area contributed by atoms with Crippen molar-refractivity contribution >= 4 is 68.6 Å². The van der Waals surface area contributed by atoms with Gasteiger partial charge >= 0.3 is 0 Å². The third kappa shape index (κ3) is 5.90. The van der Waals surface area contributed by atoms with E-state index < -0.39 is 0 Å². The number of hydrogen-bond acceptors (Lipinski definition) is 4. The normalized spacial score (nSPS) is 13.5. The molecule has 0 radical (unpaired) electrons. The summed E-state index contributed by atoms with van der Waals surface area (Å²) in [6.07, 6.45) is 0. The highest BCUT2D eigenvalue weighted by Gasteiger charge is 2.47. The Morgan fingerprint density at radius 1 is 0.492 bits per heavy atom. The number of nitrogens with one attached hydrogen (secondary N) is 1. The smallest absolute Gasteiger partial charge is 0.256 e. The molecule has 11 rings (SSSR count). The Labute approximate surface area is 360 Å². The molecule has 296 valence electrons. The summed E-state index contributed by atoms with van der Waals surface area (Å²) in [4.78, 5) is 4.82. The van der Waals surface area contributed by atoms with Crippen molar-refractivity contribution in [1.29, 1.82) is 0 Å². The highest BCUT2D eigenvalue weighted by molar-refractivity contribution is 6.99. The van der Waals surface area contributed by atoms with E-state index in [0.717, 1.165) is 57.0 Å². The number of ether oxygens (including phenoxy) is 1. The van der Waals surface area contributed by atoms with Crippen LogP contribution in [-0.4, -0.2) is 6.71 Å². The molecular weight excluding hydrogens is 741 g/mol. The minimum atomic E-state index is -0.353. The van der Waals surface area contributed by atoms with Crippen molar-refractivity contribution in [3.05, 3.63) is 197 Å². The lowest BCUT2D eigenvalue weighted by Crippen LogP contribution is -2.58. The molecule has 61 heavy (non-hydrogen) atoms. The lowest BCUT2D eigenvalue weighted by molar-refractivity contribution is 0.469. The molecule has 4 nitrogen and oxygen atoms in total. The Morgan fingerprint density at radius 2 is 1.02 bits per heavy atom. The van der Waals surface area contributed by atoms with Gasteiger partial charge in [0.1, 0.15) is 11.5 Å². The summed E-state index contributed by atoms with van der Waals surface area (Å²) >= 11 is 0. The summed E-state index contributed by atoms with van der Waals surface area (Å²) in [6.45, 7) is 15.5. The van der Waals surface area contributed by atoms with Crippen LogP contribution in [0.3, 0.4) is 0 Å². The van der Waals surface area contributed by atoms with Crippen LogP contribution in [0.25, 0.3) is 11.1 Å². The van der Waals surface area contributed by atoms with Crippen LogP contribution in [0.4, 0.5) is 45.5 Å². The Morgan fingerprint density at radius 3 is 1.59 bits per heavy atom. The fourth-order valence-electron chi connectivity index (χ4n) is 10.1. The molecule has 1 aliphatic carbocycles. The van der Waals surface area contributed by atoms with E-state index in [-0.39, 0.29) is 12.1 Å². The lowest BCUT2D eigenvalue weighted by atomic mass is 9.34. The molecule has 5 heteroatoms. The van der Waals surface area contributed by atoms with E-state index >= 15 is 0 Å². The van der Waals surface area contributed by atoms with Gasteiger partial charge in [-0.05, 0) is 129 Å². The predicted octanol–water partition coefficient (Wildman–Crippen LogP) is 13.2. The zero-order chi connectivity index (χ0) is 41.7. The molecule has 0 spiro atoms. The van der Waals surface area contributed by atoms with Crippen molar-refractivity contribution in [2.24, 2.45) is 0 Å². The van der Waals surface area contributed by atoms with Crippen LogP contribution in [0.15, 0.2) is 158 Å². The Hall–Kier alpha value is -6.98. The zero-order valence-corrected chi connectivity index (χ0v) is 35.9. The van der Waals surface area contributed by atoms with Crippen LogP contribution in [0.1, 0.15) is 52.8 Å². The third-order valence-corrected chi connectivity index (χ3v) is 13.2. The number of anilines is 8. The Bertz CT molecular complexity index is 2950. The lowest BCUT2D eigenvalue weighted by Gasteiger charge is -2.39. The van der Waals surface area contributed by atoms with Crippen molar-refractivity contribution in [1.82, 2.24) is 0 Å². The van der Waals surface area contributed by atoms with Gasteiger partial charge in [0.15, 0.2) is 0 Å². The van der Waals surface area contributed by atoms with Gasteiger partial charge < -0.3 is 19.9 Å². The second-order valence-electron chi connectivity index (χ2n) is 17.9. The first-order valence-corrected chi connectivity index (χ1v) is 21.4. The fraction of sp³-hybridized carbons (Fsp3) is 0.143. The Kier molecular flexibility index (Phi) is 8.38. The quantitative estimate of drug-likeness (QED) is 0.170. The van der Waals surface area contributed by atoms with E-state index in [0.29, 0.717) is 0 Å². The summed E-state index contributed by atoms with van der Waals surface area (Å²) in [6, 6.07) is 58.4. The summed E-state index contributed by atoms with van der Waals surface area (Å²) < 4.78 is 7.57. The van der Waals surface area contributed by atoms with Gasteiger partial charge in [-0.2, -0.15) is 0 Å². The van der Waals surface area contributed by atoms with E-state index in [1.54, 1.807) is 0 Å². The van der Waals surface area contributed by atoms with E-state index in [4.69, 9.17) is 4.74 Å². The maximum absolute atomic E-state index is 7.57. The average Bonchev–Trinajstić information content (AvgIpc) is 3.50.